The number of benzene rings is 3. The van der Waals surface area contributed by atoms with Crippen LogP contribution in [0.3, 0.4) is 0 Å². The maximum atomic E-state index is 13.9. The SMILES string of the molecule is Cc1cccc2c(=O)n(C3N=C(c4ccccc4)c4cc(N)cc5c4N(CC5)C3=O)c(C)nc12. The summed E-state index contributed by atoms with van der Waals surface area (Å²) in [5.41, 5.74) is 12.3. The van der Waals surface area contributed by atoms with E-state index in [-0.39, 0.29) is 11.5 Å². The normalized spacial score (nSPS) is 17.0. The van der Waals surface area contributed by atoms with Gasteiger partial charge in [-0.15, -0.1) is 0 Å². The van der Waals surface area contributed by atoms with E-state index in [0.717, 1.165) is 27.9 Å². The number of nitrogen functional groups attached to an aromatic ring is 1. The van der Waals surface area contributed by atoms with E-state index in [0.29, 0.717) is 41.1 Å². The Morgan fingerprint density at radius 3 is 2.59 bits per heavy atom. The van der Waals surface area contributed by atoms with Crippen molar-refractivity contribution >= 4 is 33.9 Å². The zero-order valence-corrected chi connectivity index (χ0v) is 18.9. The number of carbonyl (C=O) groups excluding carboxylic acids is 1. The molecule has 7 nitrogen and oxygen atoms in total. The fourth-order valence-electron chi connectivity index (χ4n) is 5.11. The molecule has 1 atom stereocenters. The van der Waals surface area contributed by atoms with Crippen LogP contribution in [0.25, 0.3) is 10.9 Å². The van der Waals surface area contributed by atoms with Crippen molar-refractivity contribution in [3.63, 3.8) is 0 Å². The molecule has 4 aromatic rings. The van der Waals surface area contributed by atoms with Gasteiger partial charge in [0.2, 0.25) is 6.17 Å². The molecule has 3 heterocycles. The Labute approximate surface area is 196 Å². The van der Waals surface area contributed by atoms with Gasteiger partial charge in [-0.25, -0.2) is 9.98 Å². The maximum absolute atomic E-state index is 13.9. The third-order valence-corrected chi connectivity index (χ3v) is 6.68. The number of amides is 1. The molecular formula is C27H23N5O2. The lowest BCUT2D eigenvalue weighted by atomic mass is 9.97. The molecule has 0 radical (unpaired) electrons. The molecule has 7 heteroatoms. The molecule has 0 aliphatic carbocycles. The number of nitrogens with zero attached hydrogens (tertiary/aromatic N) is 4. The Kier molecular flexibility index (Phi) is 4.42. The van der Waals surface area contributed by atoms with E-state index in [1.807, 2.05) is 61.5 Å². The summed E-state index contributed by atoms with van der Waals surface area (Å²) in [5, 5.41) is 0.475. The summed E-state index contributed by atoms with van der Waals surface area (Å²) in [6.45, 7) is 4.20. The third-order valence-electron chi connectivity index (χ3n) is 6.68. The van der Waals surface area contributed by atoms with Crippen LogP contribution in [0.15, 0.2) is 70.5 Å². The molecule has 2 aliphatic rings. The van der Waals surface area contributed by atoms with Crippen LogP contribution in [-0.2, 0) is 11.2 Å². The van der Waals surface area contributed by atoms with E-state index in [2.05, 4.69) is 0 Å². The number of para-hydroxylation sites is 1. The fourth-order valence-corrected chi connectivity index (χ4v) is 5.11. The van der Waals surface area contributed by atoms with Crippen LogP contribution in [0.5, 0.6) is 0 Å². The second-order valence-electron chi connectivity index (χ2n) is 8.84. The first-order valence-electron chi connectivity index (χ1n) is 11.3. The van der Waals surface area contributed by atoms with Gasteiger partial charge in [0.25, 0.3) is 11.5 Å². The highest BCUT2D eigenvalue weighted by Crippen LogP contribution is 2.39. The van der Waals surface area contributed by atoms with Gasteiger partial charge in [-0.3, -0.25) is 14.2 Å². The number of aliphatic imine (C=N–C) groups is 1. The predicted octanol–water partition coefficient (Wildman–Crippen LogP) is 3.53. The van der Waals surface area contributed by atoms with Crippen LogP contribution in [0.1, 0.15) is 34.2 Å². The van der Waals surface area contributed by atoms with Gasteiger partial charge in [0.05, 0.1) is 22.3 Å². The number of aryl methyl sites for hydroxylation is 2. The summed E-state index contributed by atoms with van der Waals surface area (Å²) in [7, 11) is 0. The molecule has 0 spiro atoms. The lowest BCUT2D eigenvalue weighted by molar-refractivity contribution is -0.121. The van der Waals surface area contributed by atoms with Crippen LogP contribution in [0, 0.1) is 13.8 Å². The third kappa shape index (κ3) is 2.90. The van der Waals surface area contributed by atoms with Gasteiger partial charge >= 0.3 is 0 Å². The van der Waals surface area contributed by atoms with E-state index >= 15 is 0 Å². The van der Waals surface area contributed by atoms with Crippen LogP contribution >= 0.6 is 0 Å². The van der Waals surface area contributed by atoms with Gasteiger partial charge in [-0.2, -0.15) is 0 Å². The Morgan fingerprint density at radius 1 is 1.00 bits per heavy atom. The Morgan fingerprint density at radius 2 is 1.79 bits per heavy atom. The van der Waals surface area contributed by atoms with Crippen molar-refractivity contribution in [2.24, 2.45) is 4.99 Å². The molecule has 34 heavy (non-hydrogen) atoms. The molecule has 168 valence electrons. The minimum Gasteiger partial charge on any atom is -0.399 e. The van der Waals surface area contributed by atoms with Gasteiger partial charge < -0.3 is 10.6 Å². The zero-order valence-electron chi connectivity index (χ0n) is 18.9. The molecule has 1 aromatic heterocycles. The Hall–Kier alpha value is -4.26. The van der Waals surface area contributed by atoms with Crippen LogP contribution in [0.4, 0.5) is 11.4 Å². The minimum absolute atomic E-state index is 0.241. The topological polar surface area (TPSA) is 93.6 Å². The van der Waals surface area contributed by atoms with Gasteiger partial charge in [0.15, 0.2) is 0 Å². The summed E-state index contributed by atoms with van der Waals surface area (Å²) in [5.74, 6) is 0.209. The quantitative estimate of drug-likeness (QED) is 0.474. The summed E-state index contributed by atoms with van der Waals surface area (Å²) >= 11 is 0. The molecule has 2 aliphatic heterocycles. The number of nitrogens with two attached hydrogens (primary N) is 1. The fraction of sp³-hybridized carbons (Fsp3) is 0.185. The maximum Gasteiger partial charge on any atom is 0.272 e. The molecule has 0 saturated carbocycles. The van der Waals surface area contributed by atoms with Gasteiger partial charge in [-0.05, 0) is 49.6 Å². The highest BCUT2D eigenvalue weighted by molar-refractivity contribution is 6.21. The molecule has 1 amide bonds. The number of carbonyl (C=O) groups is 1. The minimum atomic E-state index is -1.07. The molecule has 3 aromatic carbocycles. The molecule has 1 unspecified atom stereocenters. The van der Waals surface area contributed by atoms with Gasteiger partial charge in [0, 0.05) is 23.4 Å². The van der Waals surface area contributed by atoms with Crippen LogP contribution in [0.2, 0.25) is 0 Å². The summed E-state index contributed by atoms with van der Waals surface area (Å²) in [6, 6.07) is 19.0. The summed E-state index contributed by atoms with van der Waals surface area (Å²) in [4.78, 5) is 39.0. The van der Waals surface area contributed by atoms with Crippen molar-refractivity contribution in [2.45, 2.75) is 26.4 Å². The summed E-state index contributed by atoms with van der Waals surface area (Å²) in [6.07, 6.45) is -0.364. The van der Waals surface area contributed by atoms with E-state index in [1.54, 1.807) is 17.9 Å². The molecule has 2 N–H and O–H groups in total. The highest BCUT2D eigenvalue weighted by Gasteiger charge is 2.38. The highest BCUT2D eigenvalue weighted by atomic mass is 16.2. The lowest BCUT2D eigenvalue weighted by Crippen LogP contribution is -2.39. The van der Waals surface area contributed by atoms with E-state index in [1.165, 1.54) is 4.57 Å². The first-order chi connectivity index (χ1) is 16.4. The van der Waals surface area contributed by atoms with Crippen molar-refractivity contribution in [3.8, 4) is 0 Å². The average Bonchev–Trinajstić information content (AvgIpc) is 3.20. The zero-order chi connectivity index (χ0) is 23.6. The molecule has 0 saturated heterocycles. The van der Waals surface area contributed by atoms with Crippen molar-refractivity contribution in [3.05, 3.63) is 99.1 Å². The van der Waals surface area contributed by atoms with Crippen molar-refractivity contribution in [2.75, 3.05) is 17.2 Å². The first kappa shape index (κ1) is 20.4. The number of rotatable bonds is 2. The molecule has 0 bridgehead atoms. The van der Waals surface area contributed by atoms with E-state index in [4.69, 9.17) is 15.7 Å². The average molecular weight is 450 g/mol. The van der Waals surface area contributed by atoms with Crippen molar-refractivity contribution in [1.82, 2.24) is 9.55 Å². The summed E-state index contributed by atoms with van der Waals surface area (Å²) < 4.78 is 1.43. The molecular weight excluding hydrogens is 426 g/mol. The number of fused-ring (bicyclic) bond motifs is 1. The Bertz CT molecular complexity index is 1590. The number of hydrogen-bond donors (Lipinski definition) is 1. The number of aromatic nitrogens is 2. The standard InChI is InChI=1S/C27H23N5O2/c1-15-7-6-10-20-22(15)29-16(2)32(26(20)33)25-27(34)31-12-11-18-13-19(28)14-21(24(18)31)23(30-25)17-8-4-3-5-9-17/h3-10,13-14,25H,11-12,28H2,1-2H3. The predicted molar refractivity (Wildman–Crippen MR) is 134 cm³/mol. The Balaban J connectivity index is 1.67. The van der Waals surface area contributed by atoms with Gasteiger partial charge in [-0.1, -0.05) is 42.5 Å². The van der Waals surface area contributed by atoms with Gasteiger partial charge in [0.1, 0.15) is 5.82 Å². The molecule has 6 rings (SSSR count). The van der Waals surface area contributed by atoms with Crippen molar-refractivity contribution < 1.29 is 4.79 Å². The number of hydrogen-bond acceptors (Lipinski definition) is 5. The van der Waals surface area contributed by atoms with E-state index in [9.17, 15) is 9.59 Å². The van der Waals surface area contributed by atoms with Crippen LogP contribution < -0.4 is 16.2 Å². The second-order valence-corrected chi connectivity index (χ2v) is 8.84. The van der Waals surface area contributed by atoms with E-state index < -0.39 is 6.17 Å². The monoisotopic (exact) mass is 449 g/mol. The molecule has 0 fully saturated rings. The lowest BCUT2D eigenvalue weighted by Gasteiger charge is -2.23. The second kappa shape index (κ2) is 7.38. The number of anilines is 2. The van der Waals surface area contributed by atoms with Crippen molar-refractivity contribution in [1.29, 1.82) is 0 Å². The largest absolute Gasteiger partial charge is 0.399 e. The smallest absolute Gasteiger partial charge is 0.272 e. The van der Waals surface area contributed by atoms with Crippen LogP contribution in [-0.4, -0.2) is 27.7 Å². The first-order valence-corrected chi connectivity index (χ1v) is 11.3.